The summed E-state index contributed by atoms with van der Waals surface area (Å²) in [6.07, 6.45) is 9.94. The lowest BCUT2D eigenvalue weighted by molar-refractivity contribution is -0.119. The number of nitrogens with one attached hydrogen (secondary N) is 3. The van der Waals surface area contributed by atoms with Crippen molar-refractivity contribution in [1.29, 1.82) is 0 Å². The fourth-order valence-electron chi connectivity index (χ4n) is 5.98. The molecule has 2 fully saturated rings. The van der Waals surface area contributed by atoms with Crippen LogP contribution in [-0.4, -0.2) is 52.2 Å². The molecule has 2 aliphatic carbocycles. The number of aromatic nitrogens is 4. The predicted octanol–water partition coefficient (Wildman–Crippen LogP) is 4.12. The zero-order chi connectivity index (χ0) is 28.4. The van der Waals surface area contributed by atoms with Crippen molar-refractivity contribution in [2.45, 2.75) is 82.8 Å². The van der Waals surface area contributed by atoms with Gasteiger partial charge >= 0.3 is 0 Å². The van der Waals surface area contributed by atoms with Crippen molar-refractivity contribution in [3.63, 3.8) is 0 Å². The average molecular weight is 576 g/mol. The van der Waals surface area contributed by atoms with Crippen molar-refractivity contribution in [3.8, 4) is 0 Å². The molecule has 0 radical (unpaired) electrons. The van der Waals surface area contributed by atoms with E-state index in [-0.39, 0.29) is 29.7 Å². The molecule has 0 bridgehead atoms. The van der Waals surface area contributed by atoms with E-state index in [1.807, 2.05) is 4.57 Å². The maximum atomic E-state index is 14.5. The topological polar surface area (TPSA) is 131 Å². The summed E-state index contributed by atoms with van der Waals surface area (Å²) in [5.74, 6) is -0.0123. The molecule has 0 aliphatic heterocycles. The van der Waals surface area contributed by atoms with Gasteiger partial charge in [-0.3, -0.25) is 9.36 Å². The molecule has 0 saturated heterocycles. The van der Waals surface area contributed by atoms with Gasteiger partial charge in [0.2, 0.25) is 21.9 Å². The third-order valence-corrected chi connectivity index (χ3v) is 8.59. The molecule has 13 heteroatoms. The summed E-state index contributed by atoms with van der Waals surface area (Å²) >= 11 is 0. The van der Waals surface area contributed by atoms with E-state index in [1.165, 1.54) is 25.3 Å². The lowest BCUT2D eigenvalue weighted by Crippen LogP contribution is -2.37. The van der Waals surface area contributed by atoms with E-state index < -0.39 is 21.7 Å². The number of nitrogens with zero attached hydrogens (tertiary/aromatic N) is 4. The SMILES string of the molecule is CC(=O)NC1CCC(n2c(Nc3ccc(F)cc3F)nc3cnc(CC4CCC(NS(C)(=O)=O)CC4)nc32)CC1. The van der Waals surface area contributed by atoms with E-state index in [9.17, 15) is 22.0 Å². The first-order valence-corrected chi connectivity index (χ1v) is 15.6. The number of fused-ring (bicyclic) bond motifs is 1. The molecule has 0 unspecified atom stereocenters. The quantitative estimate of drug-likeness (QED) is 0.368. The summed E-state index contributed by atoms with van der Waals surface area (Å²) in [4.78, 5) is 25.7. The summed E-state index contributed by atoms with van der Waals surface area (Å²) < 4.78 is 55.9. The molecule has 2 aliphatic rings. The number of halogens is 2. The molecule has 10 nitrogen and oxygen atoms in total. The molecule has 216 valence electrons. The zero-order valence-corrected chi connectivity index (χ0v) is 23.5. The van der Waals surface area contributed by atoms with Gasteiger partial charge in [-0.25, -0.2) is 36.9 Å². The third kappa shape index (κ3) is 6.92. The molecule has 1 aromatic carbocycles. The van der Waals surface area contributed by atoms with Gasteiger partial charge in [-0.05, 0) is 69.4 Å². The summed E-state index contributed by atoms with van der Waals surface area (Å²) in [6, 6.07) is 3.44. The van der Waals surface area contributed by atoms with E-state index in [2.05, 4.69) is 25.3 Å². The Morgan fingerprint density at radius 3 is 2.38 bits per heavy atom. The van der Waals surface area contributed by atoms with Crippen LogP contribution >= 0.6 is 0 Å². The summed E-state index contributed by atoms with van der Waals surface area (Å²) in [5.41, 5.74) is 1.32. The fourth-order valence-corrected chi connectivity index (χ4v) is 6.82. The minimum atomic E-state index is -3.23. The Hall–Kier alpha value is -3.19. The Kier molecular flexibility index (Phi) is 8.31. The Morgan fingerprint density at radius 1 is 1.02 bits per heavy atom. The van der Waals surface area contributed by atoms with E-state index in [4.69, 9.17) is 4.98 Å². The summed E-state index contributed by atoms with van der Waals surface area (Å²) in [7, 11) is -3.23. The molecule has 2 saturated carbocycles. The van der Waals surface area contributed by atoms with Gasteiger partial charge < -0.3 is 10.6 Å². The van der Waals surface area contributed by atoms with Crippen LogP contribution < -0.4 is 15.4 Å². The molecular weight excluding hydrogens is 540 g/mol. The molecule has 0 spiro atoms. The lowest BCUT2D eigenvalue weighted by Gasteiger charge is -2.31. The molecule has 40 heavy (non-hydrogen) atoms. The molecule has 2 aromatic heterocycles. The van der Waals surface area contributed by atoms with Crippen molar-refractivity contribution in [1.82, 2.24) is 29.6 Å². The van der Waals surface area contributed by atoms with E-state index >= 15 is 0 Å². The van der Waals surface area contributed by atoms with Crippen LogP contribution in [0.5, 0.6) is 0 Å². The van der Waals surface area contributed by atoms with Crippen LogP contribution in [-0.2, 0) is 21.2 Å². The second-order valence-electron chi connectivity index (χ2n) is 11.1. The second kappa shape index (κ2) is 11.7. The minimum absolute atomic E-state index is 0.0151. The lowest BCUT2D eigenvalue weighted by atomic mass is 9.84. The summed E-state index contributed by atoms with van der Waals surface area (Å²) in [5, 5.41) is 6.03. The number of carbonyl (C=O) groups is 1. The maximum Gasteiger partial charge on any atom is 0.217 e. The van der Waals surface area contributed by atoms with Crippen LogP contribution in [0.25, 0.3) is 11.2 Å². The standard InChI is InChI=1S/C27H35F2N7O3S/c1-16(37)31-19-8-10-21(11-9-19)36-26-24(33-27(36)32-23-12-5-18(28)14-22(23)29)15-30-25(34-26)13-17-3-6-20(7-4-17)35-40(2,38)39/h5,12,14-15,17,19-21,35H,3-4,6-11,13H2,1-2H3,(H,31,37)(H,32,33). The number of hydrogen-bond donors (Lipinski definition) is 3. The van der Waals surface area contributed by atoms with Gasteiger partial charge in [-0.1, -0.05) is 0 Å². The van der Waals surface area contributed by atoms with Gasteiger partial charge in [0.15, 0.2) is 5.65 Å². The van der Waals surface area contributed by atoms with E-state index in [0.717, 1.165) is 57.4 Å². The first kappa shape index (κ1) is 28.3. The maximum absolute atomic E-state index is 14.5. The smallest absolute Gasteiger partial charge is 0.217 e. The highest BCUT2D eigenvalue weighted by atomic mass is 32.2. The number of anilines is 2. The molecule has 3 aromatic rings. The molecule has 1 amide bonds. The van der Waals surface area contributed by atoms with Crippen LogP contribution in [0.2, 0.25) is 0 Å². The average Bonchev–Trinajstić information content (AvgIpc) is 3.23. The van der Waals surface area contributed by atoms with Crippen molar-refractivity contribution < 1.29 is 22.0 Å². The van der Waals surface area contributed by atoms with Crippen molar-refractivity contribution in [2.75, 3.05) is 11.6 Å². The van der Waals surface area contributed by atoms with Crippen molar-refractivity contribution in [3.05, 3.63) is 41.9 Å². The molecule has 0 atom stereocenters. The van der Waals surface area contributed by atoms with Gasteiger partial charge in [0, 0.05) is 37.5 Å². The van der Waals surface area contributed by atoms with Crippen LogP contribution in [0.4, 0.5) is 20.4 Å². The van der Waals surface area contributed by atoms with E-state index in [1.54, 1.807) is 6.20 Å². The highest BCUT2D eigenvalue weighted by Crippen LogP contribution is 2.35. The van der Waals surface area contributed by atoms with Crippen LogP contribution in [0.1, 0.15) is 70.2 Å². The number of rotatable bonds is 8. The molecular formula is C27H35F2N7O3S. The number of sulfonamides is 1. The number of benzene rings is 1. The second-order valence-corrected chi connectivity index (χ2v) is 12.8. The first-order chi connectivity index (χ1) is 19.0. The van der Waals surface area contributed by atoms with E-state index in [0.29, 0.717) is 35.3 Å². The third-order valence-electron chi connectivity index (χ3n) is 7.83. The molecule has 3 N–H and O–H groups in total. The fraction of sp³-hybridized carbons (Fsp3) is 0.556. The van der Waals surface area contributed by atoms with Gasteiger partial charge in [-0.2, -0.15) is 0 Å². The van der Waals surface area contributed by atoms with Gasteiger partial charge in [0.05, 0.1) is 18.1 Å². The minimum Gasteiger partial charge on any atom is -0.354 e. The van der Waals surface area contributed by atoms with Crippen LogP contribution in [0.15, 0.2) is 24.4 Å². The van der Waals surface area contributed by atoms with Crippen molar-refractivity contribution in [2.24, 2.45) is 5.92 Å². The number of hydrogen-bond acceptors (Lipinski definition) is 7. The van der Waals surface area contributed by atoms with Crippen molar-refractivity contribution >= 4 is 38.7 Å². The van der Waals surface area contributed by atoms with Gasteiger partial charge in [-0.15, -0.1) is 0 Å². The van der Waals surface area contributed by atoms with Gasteiger partial charge in [0.1, 0.15) is 23.0 Å². The highest BCUT2D eigenvalue weighted by Gasteiger charge is 2.29. The van der Waals surface area contributed by atoms with Gasteiger partial charge in [0.25, 0.3) is 0 Å². The van der Waals surface area contributed by atoms with Crippen LogP contribution in [0.3, 0.4) is 0 Å². The molecule has 5 rings (SSSR count). The Balaban J connectivity index is 1.39. The normalized spacial score (nSPS) is 23.7. The Labute approximate surface area is 232 Å². The predicted molar refractivity (Wildman–Crippen MR) is 148 cm³/mol. The first-order valence-electron chi connectivity index (χ1n) is 13.7. The monoisotopic (exact) mass is 575 g/mol. The molecule has 2 heterocycles. The number of imidazole rings is 1. The zero-order valence-electron chi connectivity index (χ0n) is 22.7. The Bertz CT molecular complexity index is 1480. The number of carbonyl (C=O) groups excluding carboxylic acids is 1. The Morgan fingerprint density at radius 2 is 1.73 bits per heavy atom. The van der Waals surface area contributed by atoms with Crippen LogP contribution in [0, 0.1) is 17.6 Å². The number of amides is 1. The largest absolute Gasteiger partial charge is 0.354 e. The highest BCUT2D eigenvalue weighted by molar-refractivity contribution is 7.88. The summed E-state index contributed by atoms with van der Waals surface area (Å²) in [6.45, 7) is 1.52.